The van der Waals surface area contributed by atoms with Gasteiger partial charge in [0.15, 0.2) is 0 Å². The van der Waals surface area contributed by atoms with Crippen LogP contribution in [0.15, 0.2) is 18.2 Å². The van der Waals surface area contributed by atoms with Crippen LogP contribution in [0.2, 0.25) is 0 Å². The fourth-order valence-electron chi connectivity index (χ4n) is 2.00. The first-order valence-corrected chi connectivity index (χ1v) is 7.61. The smallest absolute Gasteiger partial charge is 0.254 e. The van der Waals surface area contributed by atoms with Crippen molar-refractivity contribution in [3.63, 3.8) is 0 Å². The standard InChI is InChI=1S/C15H16FNO2S/c16-14-8-11(2-1-6-18)3-4-13(14)15(19)17-9-12-5-7-20-10-12/h3-4,8,12,18H,5-7,9-10H2,(H,17,19). The van der Waals surface area contributed by atoms with Crippen LogP contribution in [0.3, 0.4) is 0 Å². The van der Waals surface area contributed by atoms with Gasteiger partial charge in [-0.05, 0) is 42.0 Å². The van der Waals surface area contributed by atoms with Crippen LogP contribution in [0, 0.1) is 23.6 Å². The molecule has 0 aliphatic carbocycles. The number of aliphatic hydroxyl groups excluding tert-OH is 1. The van der Waals surface area contributed by atoms with Crippen molar-refractivity contribution >= 4 is 17.7 Å². The molecule has 0 spiro atoms. The van der Waals surface area contributed by atoms with Crippen LogP contribution in [0.25, 0.3) is 0 Å². The third-order valence-corrected chi connectivity index (χ3v) is 4.33. The highest BCUT2D eigenvalue weighted by molar-refractivity contribution is 7.99. The molecular weight excluding hydrogens is 277 g/mol. The SMILES string of the molecule is O=C(NCC1CCSC1)c1ccc(C#CCO)cc1F. The van der Waals surface area contributed by atoms with Gasteiger partial charge in [-0.25, -0.2) is 4.39 Å². The summed E-state index contributed by atoms with van der Waals surface area (Å²) < 4.78 is 13.8. The van der Waals surface area contributed by atoms with E-state index in [1.807, 2.05) is 11.8 Å². The molecule has 0 saturated carbocycles. The van der Waals surface area contributed by atoms with E-state index in [4.69, 9.17) is 5.11 Å². The second kappa shape index (κ2) is 7.32. The molecule has 1 aliphatic rings. The number of carbonyl (C=O) groups is 1. The van der Waals surface area contributed by atoms with E-state index in [2.05, 4.69) is 17.2 Å². The molecule has 2 rings (SSSR count). The number of hydrogen-bond acceptors (Lipinski definition) is 3. The number of rotatable bonds is 3. The molecule has 0 radical (unpaired) electrons. The molecule has 1 aromatic rings. The average Bonchev–Trinajstić information content (AvgIpc) is 2.96. The van der Waals surface area contributed by atoms with Crippen LogP contribution in [-0.4, -0.2) is 35.7 Å². The third kappa shape index (κ3) is 3.99. The van der Waals surface area contributed by atoms with E-state index in [9.17, 15) is 9.18 Å². The monoisotopic (exact) mass is 293 g/mol. The summed E-state index contributed by atoms with van der Waals surface area (Å²) in [5, 5.41) is 11.4. The zero-order valence-electron chi connectivity index (χ0n) is 11.0. The number of benzene rings is 1. The van der Waals surface area contributed by atoms with Gasteiger partial charge in [-0.2, -0.15) is 11.8 Å². The lowest BCUT2D eigenvalue weighted by Gasteiger charge is -2.10. The van der Waals surface area contributed by atoms with Gasteiger partial charge in [-0.15, -0.1) is 0 Å². The van der Waals surface area contributed by atoms with Gasteiger partial charge < -0.3 is 10.4 Å². The second-order valence-electron chi connectivity index (χ2n) is 4.59. The van der Waals surface area contributed by atoms with Gasteiger partial charge in [-0.1, -0.05) is 11.8 Å². The lowest BCUT2D eigenvalue weighted by atomic mass is 10.1. The number of hydrogen-bond donors (Lipinski definition) is 2. The topological polar surface area (TPSA) is 49.3 Å². The van der Waals surface area contributed by atoms with E-state index in [1.165, 1.54) is 12.1 Å². The summed E-state index contributed by atoms with van der Waals surface area (Å²) in [4.78, 5) is 11.9. The van der Waals surface area contributed by atoms with Gasteiger partial charge in [-0.3, -0.25) is 4.79 Å². The number of nitrogens with one attached hydrogen (secondary N) is 1. The van der Waals surface area contributed by atoms with E-state index >= 15 is 0 Å². The van der Waals surface area contributed by atoms with Crippen LogP contribution in [-0.2, 0) is 0 Å². The largest absolute Gasteiger partial charge is 0.384 e. The Morgan fingerprint density at radius 3 is 3.05 bits per heavy atom. The van der Waals surface area contributed by atoms with E-state index in [0.29, 0.717) is 18.0 Å². The molecule has 20 heavy (non-hydrogen) atoms. The quantitative estimate of drug-likeness (QED) is 0.833. The normalized spacial score (nSPS) is 17.4. The Hall–Kier alpha value is -1.51. The fourth-order valence-corrected chi connectivity index (χ4v) is 3.28. The summed E-state index contributed by atoms with van der Waals surface area (Å²) in [5.41, 5.74) is 0.477. The molecule has 1 amide bonds. The van der Waals surface area contributed by atoms with Crippen LogP contribution in [0.4, 0.5) is 4.39 Å². The lowest BCUT2D eigenvalue weighted by molar-refractivity contribution is 0.0944. The first-order chi connectivity index (χ1) is 9.70. The summed E-state index contributed by atoms with van der Waals surface area (Å²) in [5.74, 6) is 6.74. The minimum absolute atomic E-state index is 0.0326. The van der Waals surface area contributed by atoms with Crippen molar-refractivity contribution in [2.24, 2.45) is 5.92 Å². The maximum atomic E-state index is 13.8. The predicted octanol–water partition coefficient (Wildman–Crippen LogP) is 1.65. The van der Waals surface area contributed by atoms with Crippen molar-refractivity contribution in [2.45, 2.75) is 6.42 Å². The highest BCUT2D eigenvalue weighted by Crippen LogP contribution is 2.22. The van der Waals surface area contributed by atoms with Crippen LogP contribution in [0.1, 0.15) is 22.3 Å². The minimum atomic E-state index is -0.590. The summed E-state index contributed by atoms with van der Waals surface area (Å²) >= 11 is 1.88. The van der Waals surface area contributed by atoms with Crippen LogP contribution < -0.4 is 5.32 Å². The molecule has 0 aromatic heterocycles. The molecule has 0 bridgehead atoms. The summed E-state index contributed by atoms with van der Waals surface area (Å²) in [6, 6.07) is 4.21. The first-order valence-electron chi connectivity index (χ1n) is 6.46. The van der Waals surface area contributed by atoms with Gasteiger partial charge in [0.2, 0.25) is 0 Å². The van der Waals surface area contributed by atoms with Gasteiger partial charge in [0.25, 0.3) is 5.91 Å². The van der Waals surface area contributed by atoms with E-state index in [1.54, 1.807) is 6.07 Å². The van der Waals surface area contributed by atoms with Gasteiger partial charge in [0.05, 0.1) is 5.56 Å². The Morgan fingerprint density at radius 2 is 2.40 bits per heavy atom. The Labute approximate surface area is 122 Å². The Balaban J connectivity index is 1.98. The number of carbonyl (C=O) groups excluding carboxylic acids is 1. The summed E-state index contributed by atoms with van der Waals surface area (Å²) in [6.45, 7) is 0.320. The zero-order valence-corrected chi connectivity index (χ0v) is 11.8. The van der Waals surface area contributed by atoms with E-state index in [-0.39, 0.29) is 18.1 Å². The lowest BCUT2D eigenvalue weighted by Crippen LogP contribution is -2.29. The van der Waals surface area contributed by atoms with E-state index in [0.717, 1.165) is 17.9 Å². The van der Waals surface area contributed by atoms with Crippen molar-refractivity contribution in [3.05, 3.63) is 35.1 Å². The van der Waals surface area contributed by atoms with Crippen molar-refractivity contribution in [2.75, 3.05) is 24.7 Å². The van der Waals surface area contributed by atoms with Crippen molar-refractivity contribution in [1.82, 2.24) is 5.32 Å². The molecule has 1 aromatic carbocycles. The predicted molar refractivity (Wildman–Crippen MR) is 78.1 cm³/mol. The summed E-state index contributed by atoms with van der Waals surface area (Å²) in [6.07, 6.45) is 1.10. The van der Waals surface area contributed by atoms with Crippen molar-refractivity contribution < 1.29 is 14.3 Å². The Bertz CT molecular complexity index is 545. The summed E-state index contributed by atoms with van der Waals surface area (Å²) in [7, 11) is 0. The minimum Gasteiger partial charge on any atom is -0.384 e. The molecule has 1 fully saturated rings. The molecule has 106 valence electrons. The molecule has 2 N–H and O–H groups in total. The molecule has 1 saturated heterocycles. The maximum Gasteiger partial charge on any atom is 0.254 e. The van der Waals surface area contributed by atoms with Crippen LogP contribution >= 0.6 is 11.8 Å². The molecule has 1 heterocycles. The highest BCUT2D eigenvalue weighted by atomic mass is 32.2. The number of thioether (sulfide) groups is 1. The van der Waals surface area contributed by atoms with E-state index < -0.39 is 5.82 Å². The Kier molecular flexibility index (Phi) is 5.45. The molecule has 3 nitrogen and oxygen atoms in total. The van der Waals surface area contributed by atoms with Gasteiger partial charge in [0, 0.05) is 12.1 Å². The molecule has 1 atom stereocenters. The van der Waals surface area contributed by atoms with Crippen molar-refractivity contribution in [3.8, 4) is 11.8 Å². The first kappa shape index (κ1) is 14.9. The number of aliphatic hydroxyl groups is 1. The fraction of sp³-hybridized carbons (Fsp3) is 0.400. The zero-order chi connectivity index (χ0) is 14.4. The molecule has 1 unspecified atom stereocenters. The molecule has 1 aliphatic heterocycles. The maximum absolute atomic E-state index is 13.8. The number of amides is 1. The average molecular weight is 293 g/mol. The van der Waals surface area contributed by atoms with Crippen LogP contribution in [0.5, 0.6) is 0 Å². The van der Waals surface area contributed by atoms with Gasteiger partial charge >= 0.3 is 0 Å². The molecular formula is C15H16FNO2S. The third-order valence-electron chi connectivity index (χ3n) is 3.10. The number of halogens is 1. The van der Waals surface area contributed by atoms with Crippen molar-refractivity contribution in [1.29, 1.82) is 0 Å². The van der Waals surface area contributed by atoms with Gasteiger partial charge in [0.1, 0.15) is 12.4 Å². The second-order valence-corrected chi connectivity index (χ2v) is 5.74. The molecule has 5 heteroatoms. The highest BCUT2D eigenvalue weighted by Gasteiger charge is 2.18. The Morgan fingerprint density at radius 1 is 1.55 bits per heavy atom.